The fourth-order valence-electron chi connectivity index (χ4n) is 11.2. The molecule has 4 heteroatoms. The third kappa shape index (κ3) is 4.77. The van der Waals surface area contributed by atoms with Gasteiger partial charge in [0.15, 0.2) is 0 Å². The normalized spacial score (nSPS) is 42.4. The highest BCUT2D eigenvalue weighted by molar-refractivity contribution is 5.89. The lowest BCUT2D eigenvalue weighted by Crippen LogP contribution is -2.61. The van der Waals surface area contributed by atoms with E-state index in [4.69, 9.17) is 4.74 Å². The molecule has 0 aromatic heterocycles. The van der Waals surface area contributed by atoms with Crippen LogP contribution in [-0.2, 0) is 4.74 Å². The van der Waals surface area contributed by atoms with Gasteiger partial charge in [-0.25, -0.2) is 4.79 Å². The van der Waals surface area contributed by atoms with Crippen LogP contribution in [-0.4, -0.2) is 34.0 Å². The molecule has 222 valence electrons. The summed E-state index contributed by atoms with van der Waals surface area (Å²) in [5.41, 5.74) is 0.963. The van der Waals surface area contributed by atoms with Crippen LogP contribution in [0, 0.1) is 51.8 Å². The summed E-state index contributed by atoms with van der Waals surface area (Å²) < 4.78 is 5.98. The number of hydrogen-bond donors (Lipinski definition) is 2. The van der Waals surface area contributed by atoms with E-state index in [2.05, 4.69) is 20.8 Å². The monoisotopic (exact) mass is 550 g/mol. The highest BCUT2D eigenvalue weighted by atomic mass is 16.6. The van der Waals surface area contributed by atoms with Gasteiger partial charge in [0, 0.05) is 0 Å². The maximum Gasteiger partial charge on any atom is 0.338 e. The van der Waals surface area contributed by atoms with Crippen molar-refractivity contribution in [3.63, 3.8) is 0 Å². The predicted molar refractivity (Wildman–Crippen MR) is 159 cm³/mol. The Labute approximate surface area is 242 Å². The number of aliphatic hydroxyl groups is 2. The van der Waals surface area contributed by atoms with Crippen LogP contribution in [0.4, 0.5) is 0 Å². The van der Waals surface area contributed by atoms with Gasteiger partial charge in [0.2, 0.25) is 0 Å². The minimum absolute atomic E-state index is 0.130. The van der Waals surface area contributed by atoms with Gasteiger partial charge in [0.25, 0.3) is 0 Å². The van der Waals surface area contributed by atoms with Crippen molar-refractivity contribution in [3.05, 3.63) is 35.9 Å². The Morgan fingerprint density at radius 3 is 2.33 bits per heavy atom. The number of carbonyl (C=O) groups excluding carboxylic acids is 1. The number of fused-ring (bicyclic) bond motifs is 6. The number of aliphatic hydroxyl groups excluding tert-OH is 1. The molecule has 0 amide bonds. The Kier molecular flexibility index (Phi) is 7.26. The van der Waals surface area contributed by atoms with Crippen LogP contribution in [0.2, 0.25) is 0 Å². The first-order valence-corrected chi connectivity index (χ1v) is 16.5. The molecule has 0 aliphatic heterocycles. The van der Waals surface area contributed by atoms with Gasteiger partial charge in [-0.1, -0.05) is 51.8 Å². The highest BCUT2D eigenvalue weighted by Crippen LogP contribution is 2.77. The molecule has 0 heterocycles. The second-order valence-electron chi connectivity index (χ2n) is 16.2. The molecule has 1 spiro atoms. The summed E-state index contributed by atoms with van der Waals surface area (Å²) in [6.45, 7) is 11.5. The predicted octanol–water partition coefficient (Wildman–Crippen LogP) is 7.81. The van der Waals surface area contributed by atoms with Crippen molar-refractivity contribution in [3.8, 4) is 0 Å². The quantitative estimate of drug-likeness (QED) is 0.340. The number of rotatable bonds is 7. The molecule has 5 aliphatic rings. The van der Waals surface area contributed by atoms with Gasteiger partial charge in [-0.15, -0.1) is 0 Å². The van der Waals surface area contributed by atoms with E-state index in [0.29, 0.717) is 28.2 Å². The molecule has 40 heavy (non-hydrogen) atoms. The third-order valence-corrected chi connectivity index (χ3v) is 13.4. The summed E-state index contributed by atoms with van der Waals surface area (Å²) in [5, 5.41) is 22.0. The molecule has 5 fully saturated rings. The zero-order chi connectivity index (χ0) is 28.5. The van der Waals surface area contributed by atoms with Gasteiger partial charge in [-0.3, -0.25) is 0 Å². The Bertz CT molecular complexity index is 1070. The molecule has 4 nitrogen and oxygen atoms in total. The molecule has 0 radical (unpaired) electrons. The van der Waals surface area contributed by atoms with Crippen molar-refractivity contribution in [1.82, 2.24) is 0 Å². The average molecular weight is 551 g/mol. The molecular formula is C36H54O4. The maximum atomic E-state index is 12.9. The number of esters is 1. The molecular weight excluding hydrogens is 496 g/mol. The highest BCUT2D eigenvalue weighted by Gasteiger charge is 2.70. The van der Waals surface area contributed by atoms with Gasteiger partial charge in [-0.05, 0) is 142 Å². The number of ether oxygens (including phenoxy) is 1. The molecule has 2 N–H and O–H groups in total. The Morgan fingerprint density at radius 1 is 0.975 bits per heavy atom. The third-order valence-electron chi connectivity index (χ3n) is 13.4. The van der Waals surface area contributed by atoms with Crippen LogP contribution in [0.1, 0.15) is 122 Å². The van der Waals surface area contributed by atoms with E-state index in [1.54, 1.807) is 12.1 Å². The molecule has 1 aromatic rings. The van der Waals surface area contributed by atoms with Crippen LogP contribution >= 0.6 is 0 Å². The Hall–Kier alpha value is -1.39. The smallest absolute Gasteiger partial charge is 0.338 e. The fraction of sp³-hybridized carbons (Fsp3) is 0.806. The summed E-state index contributed by atoms with van der Waals surface area (Å²) in [5.74, 6) is 3.70. The van der Waals surface area contributed by atoms with E-state index in [1.807, 2.05) is 32.0 Å². The average Bonchev–Trinajstić information content (AvgIpc) is 3.59. The van der Waals surface area contributed by atoms with Gasteiger partial charge in [0.1, 0.15) is 6.10 Å². The van der Waals surface area contributed by atoms with Crippen LogP contribution in [0.25, 0.3) is 0 Å². The molecule has 1 aromatic carbocycles. The maximum absolute atomic E-state index is 12.9. The number of carbonyl (C=O) groups is 1. The summed E-state index contributed by atoms with van der Waals surface area (Å²) in [6, 6.07) is 9.24. The van der Waals surface area contributed by atoms with Crippen LogP contribution in [0.5, 0.6) is 0 Å². The van der Waals surface area contributed by atoms with Gasteiger partial charge in [-0.2, -0.15) is 0 Å². The lowest BCUT2D eigenvalue weighted by molar-refractivity contribution is -0.199. The Balaban J connectivity index is 1.18. The standard InChI is InChI=1S/C36H54O4/c1-23(10-9-17-33(2,3)39)25-13-14-26-30-27(15-18-34(25,26)4)35(5)19-16-29(31(37)28(35)22-36(30)20-21-36)40-32(38)24-11-7-6-8-12-24/h6-8,11-12,23,25-31,37,39H,9-10,13-22H2,1-5H3/t23-,25-,26+,27+,28+,29+,30+,31-,34-,35-/m1/s1. The van der Waals surface area contributed by atoms with Gasteiger partial charge < -0.3 is 14.9 Å². The minimum Gasteiger partial charge on any atom is -0.456 e. The molecule has 10 atom stereocenters. The first-order valence-electron chi connectivity index (χ1n) is 16.5. The van der Waals surface area contributed by atoms with Crippen molar-refractivity contribution in [1.29, 1.82) is 0 Å². The second-order valence-corrected chi connectivity index (χ2v) is 16.2. The fourth-order valence-corrected chi connectivity index (χ4v) is 11.2. The van der Waals surface area contributed by atoms with Crippen molar-refractivity contribution in [2.75, 3.05) is 0 Å². The lowest BCUT2D eigenvalue weighted by Gasteiger charge is -2.65. The number of hydrogen-bond acceptors (Lipinski definition) is 4. The largest absolute Gasteiger partial charge is 0.456 e. The molecule has 0 bridgehead atoms. The van der Waals surface area contributed by atoms with E-state index in [1.165, 1.54) is 44.9 Å². The summed E-state index contributed by atoms with van der Waals surface area (Å²) >= 11 is 0. The lowest BCUT2D eigenvalue weighted by atomic mass is 9.41. The SMILES string of the molecule is C[C@H](CCCC(C)(C)O)[C@H]1CC[C@H]2[C@H]3[C@H](CC[C@]12C)[C@@]1(C)CC[C@H](OC(=O)c2ccccc2)[C@H](O)[C@@H]1CC31CC1. The first-order chi connectivity index (χ1) is 18.9. The van der Waals surface area contributed by atoms with E-state index >= 15 is 0 Å². The summed E-state index contributed by atoms with van der Waals surface area (Å²) in [4.78, 5) is 12.9. The Morgan fingerprint density at radius 2 is 1.65 bits per heavy atom. The zero-order valence-corrected chi connectivity index (χ0v) is 25.7. The van der Waals surface area contributed by atoms with Crippen LogP contribution in [0.3, 0.4) is 0 Å². The minimum atomic E-state index is -0.565. The van der Waals surface area contributed by atoms with E-state index in [-0.39, 0.29) is 17.3 Å². The second kappa shape index (κ2) is 10.1. The van der Waals surface area contributed by atoms with E-state index in [0.717, 1.165) is 49.9 Å². The molecule has 6 rings (SSSR count). The van der Waals surface area contributed by atoms with E-state index < -0.39 is 17.8 Å². The van der Waals surface area contributed by atoms with E-state index in [9.17, 15) is 15.0 Å². The molecule has 0 saturated heterocycles. The van der Waals surface area contributed by atoms with Crippen molar-refractivity contribution in [2.24, 2.45) is 51.8 Å². The van der Waals surface area contributed by atoms with Crippen LogP contribution in [0.15, 0.2) is 30.3 Å². The first kappa shape index (κ1) is 28.7. The summed E-state index contributed by atoms with van der Waals surface area (Å²) in [6.07, 6.45) is 13.2. The topological polar surface area (TPSA) is 66.8 Å². The van der Waals surface area contributed by atoms with Gasteiger partial charge in [0.05, 0.1) is 17.3 Å². The zero-order valence-electron chi connectivity index (χ0n) is 25.7. The van der Waals surface area contributed by atoms with Gasteiger partial charge >= 0.3 is 5.97 Å². The summed E-state index contributed by atoms with van der Waals surface area (Å²) in [7, 11) is 0. The number of benzene rings is 1. The molecule has 0 unspecified atom stereocenters. The van der Waals surface area contributed by atoms with Crippen LogP contribution < -0.4 is 0 Å². The van der Waals surface area contributed by atoms with Crippen molar-refractivity contribution >= 4 is 5.97 Å². The van der Waals surface area contributed by atoms with Crippen molar-refractivity contribution < 1.29 is 19.7 Å². The molecule has 5 saturated carbocycles. The van der Waals surface area contributed by atoms with Crippen molar-refractivity contribution in [2.45, 2.75) is 129 Å². The molecule has 5 aliphatic carbocycles.